The van der Waals surface area contributed by atoms with Gasteiger partial charge in [-0.3, -0.25) is 4.90 Å². The SMILES string of the molecule is Cc1nnc(CN(C)Cc2nc(-c3ccc(C(F)(F)F)cc3)oc2C)o1. The van der Waals surface area contributed by atoms with Crippen molar-refractivity contribution < 1.29 is 22.0 Å². The average Bonchev–Trinajstić information content (AvgIpc) is 3.13. The van der Waals surface area contributed by atoms with Gasteiger partial charge in [-0.15, -0.1) is 10.2 Å². The zero-order chi connectivity index (χ0) is 18.9. The van der Waals surface area contributed by atoms with E-state index >= 15 is 0 Å². The number of nitrogens with zero attached hydrogens (tertiary/aromatic N) is 4. The van der Waals surface area contributed by atoms with Crippen LogP contribution in [0.2, 0.25) is 0 Å². The highest BCUT2D eigenvalue weighted by Gasteiger charge is 2.30. The summed E-state index contributed by atoms with van der Waals surface area (Å²) in [6.07, 6.45) is -4.37. The molecule has 0 bridgehead atoms. The van der Waals surface area contributed by atoms with E-state index in [2.05, 4.69) is 15.2 Å². The van der Waals surface area contributed by atoms with Gasteiger partial charge in [-0.1, -0.05) is 0 Å². The van der Waals surface area contributed by atoms with E-state index in [1.54, 1.807) is 13.8 Å². The van der Waals surface area contributed by atoms with Gasteiger partial charge in [0.2, 0.25) is 17.7 Å². The van der Waals surface area contributed by atoms with Crippen molar-refractivity contribution in [2.75, 3.05) is 7.05 Å². The van der Waals surface area contributed by atoms with Crippen LogP contribution >= 0.6 is 0 Å². The first-order valence-corrected chi connectivity index (χ1v) is 7.84. The minimum Gasteiger partial charge on any atom is -0.441 e. The van der Waals surface area contributed by atoms with E-state index in [-0.39, 0.29) is 5.89 Å². The first-order valence-electron chi connectivity index (χ1n) is 7.84. The summed E-state index contributed by atoms with van der Waals surface area (Å²) in [5.74, 6) is 1.88. The Labute approximate surface area is 147 Å². The second kappa shape index (κ2) is 6.91. The summed E-state index contributed by atoms with van der Waals surface area (Å²) in [6, 6.07) is 4.72. The molecule has 26 heavy (non-hydrogen) atoms. The Balaban J connectivity index is 1.72. The lowest BCUT2D eigenvalue weighted by molar-refractivity contribution is -0.137. The lowest BCUT2D eigenvalue weighted by Gasteiger charge is -2.12. The van der Waals surface area contributed by atoms with E-state index < -0.39 is 11.7 Å². The number of alkyl halides is 3. The summed E-state index contributed by atoms with van der Waals surface area (Å²) in [5.41, 5.74) is 0.473. The van der Waals surface area contributed by atoms with Gasteiger partial charge in [-0.2, -0.15) is 13.2 Å². The van der Waals surface area contributed by atoms with Gasteiger partial charge in [0.05, 0.1) is 17.8 Å². The molecule has 0 N–H and O–H groups in total. The van der Waals surface area contributed by atoms with Crippen LogP contribution in [0.3, 0.4) is 0 Å². The van der Waals surface area contributed by atoms with Crippen LogP contribution in [0.5, 0.6) is 0 Å². The molecule has 2 heterocycles. The van der Waals surface area contributed by atoms with Crippen molar-refractivity contribution in [2.45, 2.75) is 33.1 Å². The minimum absolute atomic E-state index is 0.285. The predicted molar refractivity (Wildman–Crippen MR) is 85.9 cm³/mol. The Morgan fingerprint density at radius 2 is 1.69 bits per heavy atom. The van der Waals surface area contributed by atoms with Gasteiger partial charge in [0, 0.05) is 19.0 Å². The fraction of sp³-hybridized carbons (Fsp3) is 0.353. The van der Waals surface area contributed by atoms with E-state index in [1.165, 1.54) is 12.1 Å². The van der Waals surface area contributed by atoms with E-state index in [9.17, 15) is 13.2 Å². The second-order valence-corrected chi connectivity index (χ2v) is 5.98. The molecule has 3 aromatic rings. The van der Waals surface area contributed by atoms with E-state index in [1.807, 2.05) is 11.9 Å². The molecule has 0 aliphatic heterocycles. The molecule has 0 spiro atoms. The van der Waals surface area contributed by atoms with Gasteiger partial charge >= 0.3 is 6.18 Å². The molecule has 0 radical (unpaired) electrons. The van der Waals surface area contributed by atoms with Crippen LogP contribution in [0.1, 0.15) is 28.8 Å². The number of aromatic nitrogens is 3. The number of rotatable bonds is 5. The highest BCUT2D eigenvalue weighted by molar-refractivity contribution is 5.54. The third-order valence-corrected chi connectivity index (χ3v) is 3.74. The van der Waals surface area contributed by atoms with Crippen LogP contribution in [0.4, 0.5) is 13.2 Å². The summed E-state index contributed by atoms with van der Waals surface area (Å²) in [5, 5.41) is 7.71. The van der Waals surface area contributed by atoms with Gasteiger partial charge < -0.3 is 8.83 Å². The van der Waals surface area contributed by atoms with Crippen LogP contribution in [-0.4, -0.2) is 27.1 Å². The van der Waals surface area contributed by atoms with Crippen LogP contribution in [0.25, 0.3) is 11.5 Å². The third-order valence-electron chi connectivity index (χ3n) is 3.74. The van der Waals surface area contributed by atoms with E-state index in [0.29, 0.717) is 41.9 Å². The molecule has 6 nitrogen and oxygen atoms in total. The van der Waals surface area contributed by atoms with Crippen molar-refractivity contribution in [1.29, 1.82) is 0 Å². The standard InChI is InChI=1S/C17H17F3N4O2/c1-10-14(8-24(3)9-15-23-22-11(2)26-15)21-16(25-10)12-4-6-13(7-5-12)17(18,19)20/h4-7H,8-9H2,1-3H3. The van der Waals surface area contributed by atoms with E-state index in [0.717, 1.165) is 12.1 Å². The summed E-state index contributed by atoms with van der Waals surface area (Å²) in [7, 11) is 1.87. The Morgan fingerprint density at radius 3 is 2.27 bits per heavy atom. The van der Waals surface area contributed by atoms with Gasteiger partial charge in [-0.25, -0.2) is 4.98 Å². The first kappa shape index (κ1) is 18.1. The van der Waals surface area contributed by atoms with Crippen LogP contribution in [-0.2, 0) is 19.3 Å². The highest BCUT2D eigenvalue weighted by Crippen LogP contribution is 2.31. The molecule has 0 amide bonds. The Bertz CT molecular complexity index is 884. The van der Waals surface area contributed by atoms with Crippen molar-refractivity contribution in [2.24, 2.45) is 0 Å². The fourth-order valence-electron chi connectivity index (χ4n) is 2.44. The summed E-state index contributed by atoms with van der Waals surface area (Å²) < 4.78 is 48.9. The third kappa shape index (κ3) is 4.10. The quantitative estimate of drug-likeness (QED) is 0.680. The zero-order valence-electron chi connectivity index (χ0n) is 14.5. The maximum absolute atomic E-state index is 12.7. The summed E-state index contributed by atoms with van der Waals surface area (Å²) >= 11 is 0. The van der Waals surface area contributed by atoms with Crippen molar-refractivity contribution in [3.05, 3.63) is 53.1 Å². The maximum Gasteiger partial charge on any atom is 0.416 e. The normalized spacial score (nSPS) is 12.1. The number of hydrogen-bond acceptors (Lipinski definition) is 6. The molecule has 0 atom stereocenters. The average molecular weight is 366 g/mol. The molecule has 0 aliphatic rings. The molecule has 0 unspecified atom stereocenters. The topological polar surface area (TPSA) is 68.2 Å². The van der Waals surface area contributed by atoms with Crippen LogP contribution in [0.15, 0.2) is 33.1 Å². The lowest BCUT2D eigenvalue weighted by atomic mass is 10.1. The number of halogens is 3. The Hall–Kier alpha value is -2.68. The molecule has 0 saturated carbocycles. The van der Waals surface area contributed by atoms with Gasteiger partial charge in [0.25, 0.3) is 0 Å². The van der Waals surface area contributed by atoms with Crippen LogP contribution < -0.4 is 0 Å². The largest absolute Gasteiger partial charge is 0.441 e. The number of oxazole rings is 1. The van der Waals surface area contributed by atoms with Crippen molar-refractivity contribution in [3.8, 4) is 11.5 Å². The predicted octanol–water partition coefficient (Wildman–Crippen LogP) is 3.99. The van der Waals surface area contributed by atoms with Gasteiger partial charge in [0.1, 0.15) is 5.76 Å². The molecule has 0 aliphatic carbocycles. The molecule has 1 aromatic carbocycles. The molecular formula is C17H17F3N4O2. The number of hydrogen-bond donors (Lipinski definition) is 0. The molecule has 3 rings (SSSR count). The smallest absolute Gasteiger partial charge is 0.416 e. The van der Waals surface area contributed by atoms with Gasteiger partial charge in [0.15, 0.2) is 0 Å². The number of benzene rings is 1. The molecule has 0 fully saturated rings. The highest BCUT2D eigenvalue weighted by atomic mass is 19.4. The van der Waals surface area contributed by atoms with Crippen molar-refractivity contribution >= 4 is 0 Å². The molecule has 0 saturated heterocycles. The lowest BCUT2D eigenvalue weighted by Crippen LogP contribution is -2.18. The summed E-state index contributed by atoms with van der Waals surface area (Å²) in [6.45, 7) is 4.40. The molecule has 2 aromatic heterocycles. The summed E-state index contributed by atoms with van der Waals surface area (Å²) in [4.78, 5) is 6.33. The molecular weight excluding hydrogens is 349 g/mol. The maximum atomic E-state index is 12.7. The number of aryl methyl sites for hydroxylation is 2. The first-order chi connectivity index (χ1) is 12.2. The molecule has 138 valence electrons. The fourth-order valence-corrected chi connectivity index (χ4v) is 2.44. The van der Waals surface area contributed by atoms with Gasteiger partial charge in [-0.05, 0) is 38.2 Å². The van der Waals surface area contributed by atoms with E-state index in [4.69, 9.17) is 8.83 Å². The Kier molecular flexibility index (Phi) is 4.82. The van der Waals surface area contributed by atoms with Crippen LogP contribution in [0, 0.1) is 13.8 Å². The monoisotopic (exact) mass is 366 g/mol. The Morgan fingerprint density at radius 1 is 1.00 bits per heavy atom. The van der Waals surface area contributed by atoms with Crippen molar-refractivity contribution in [1.82, 2.24) is 20.1 Å². The molecule has 9 heteroatoms. The second-order valence-electron chi connectivity index (χ2n) is 5.98. The minimum atomic E-state index is -4.37. The van der Waals surface area contributed by atoms with Crippen molar-refractivity contribution in [3.63, 3.8) is 0 Å². The zero-order valence-corrected chi connectivity index (χ0v) is 14.5.